The molecule has 6 heteroatoms. The van der Waals surface area contributed by atoms with E-state index in [4.69, 9.17) is 27.9 Å². The lowest BCUT2D eigenvalue weighted by molar-refractivity contribution is 0.286. The summed E-state index contributed by atoms with van der Waals surface area (Å²) < 4.78 is 7.65. The number of hydrogen-bond acceptors (Lipinski definition) is 3. The van der Waals surface area contributed by atoms with Gasteiger partial charge in [-0.1, -0.05) is 23.2 Å². The van der Waals surface area contributed by atoms with Crippen molar-refractivity contribution in [3.8, 4) is 5.75 Å². The molecular weight excluding hydrogens is 297 g/mol. The molecule has 0 aliphatic carbocycles. The first-order valence-corrected chi connectivity index (χ1v) is 7.04. The minimum Gasteiger partial charge on any atom is -0.485 e. The Bertz CT molecular complexity index is 598. The van der Waals surface area contributed by atoms with Gasteiger partial charge in [0.25, 0.3) is 0 Å². The highest BCUT2D eigenvalue weighted by Gasteiger charge is 2.12. The molecule has 0 amide bonds. The van der Waals surface area contributed by atoms with Crippen LogP contribution in [-0.4, -0.2) is 16.6 Å². The summed E-state index contributed by atoms with van der Waals surface area (Å²) in [5.74, 6) is 1.56. The highest BCUT2D eigenvalue weighted by Crippen LogP contribution is 2.28. The average Bonchev–Trinajstić information content (AvgIpc) is 2.76. The molecule has 0 radical (unpaired) electrons. The van der Waals surface area contributed by atoms with Gasteiger partial charge in [-0.05, 0) is 32.2 Å². The van der Waals surface area contributed by atoms with E-state index in [9.17, 15) is 0 Å². The molecule has 0 spiro atoms. The fourth-order valence-electron chi connectivity index (χ4n) is 1.85. The standard InChI is InChI=1S/C14H17Cl2N3O/c1-9(17-2)11-6-10(15)4-5-12(11)20-8-14-18-7-13(16)19(14)3/h4-7,9,17H,8H2,1-3H3. The highest BCUT2D eigenvalue weighted by atomic mass is 35.5. The van der Waals surface area contributed by atoms with Gasteiger partial charge in [0.2, 0.25) is 0 Å². The number of hydrogen-bond donors (Lipinski definition) is 1. The minimum absolute atomic E-state index is 0.147. The maximum absolute atomic E-state index is 6.05. The van der Waals surface area contributed by atoms with Gasteiger partial charge in [0.1, 0.15) is 23.3 Å². The Morgan fingerprint density at radius 1 is 1.40 bits per heavy atom. The third kappa shape index (κ3) is 3.26. The van der Waals surface area contributed by atoms with Crippen molar-refractivity contribution in [3.63, 3.8) is 0 Å². The van der Waals surface area contributed by atoms with Crippen LogP contribution in [0.2, 0.25) is 10.2 Å². The number of rotatable bonds is 5. The van der Waals surface area contributed by atoms with Crippen LogP contribution in [0.5, 0.6) is 5.75 Å². The van der Waals surface area contributed by atoms with Gasteiger partial charge in [-0.2, -0.15) is 0 Å². The molecule has 1 unspecified atom stereocenters. The summed E-state index contributed by atoms with van der Waals surface area (Å²) >= 11 is 12.0. The van der Waals surface area contributed by atoms with Crippen molar-refractivity contribution >= 4 is 23.2 Å². The van der Waals surface area contributed by atoms with Crippen molar-refractivity contribution in [2.45, 2.75) is 19.6 Å². The Hall–Kier alpha value is -1.23. The van der Waals surface area contributed by atoms with Crippen LogP contribution in [0.3, 0.4) is 0 Å². The molecule has 1 atom stereocenters. The first-order valence-electron chi connectivity index (χ1n) is 6.28. The molecule has 20 heavy (non-hydrogen) atoms. The molecule has 1 aromatic carbocycles. The third-order valence-corrected chi connectivity index (χ3v) is 3.84. The Morgan fingerprint density at radius 3 is 2.75 bits per heavy atom. The number of nitrogens with zero attached hydrogens (tertiary/aromatic N) is 2. The second-order valence-electron chi connectivity index (χ2n) is 4.54. The van der Waals surface area contributed by atoms with Crippen molar-refractivity contribution < 1.29 is 4.74 Å². The van der Waals surface area contributed by atoms with Crippen LogP contribution in [-0.2, 0) is 13.7 Å². The quantitative estimate of drug-likeness (QED) is 0.917. The number of aromatic nitrogens is 2. The van der Waals surface area contributed by atoms with Crippen LogP contribution in [0.15, 0.2) is 24.4 Å². The van der Waals surface area contributed by atoms with Crippen molar-refractivity contribution in [2.24, 2.45) is 7.05 Å². The van der Waals surface area contributed by atoms with Gasteiger partial charge >= 0.3 is 0 Å². The van der Waals surface area contributed by atoms with E-state index in [2.05, 4.69) is 17.2 Å². The molecule has 1 heterocycles. The molecule has 0 saturated heterocycles. The predicted octanol–water partition coefficient (Wildman–Crippen LogP) is 3.59. The van der Waals surface area contributed by atoms with Gasteiger partial charge in [-0.3, -0.25) is 0 Å². The summed E-state index contributed by atoms with van der Waals surface area (Å²) in [6.45, 7) is 2.41. The average molecular weight is 314 g/mol. The smallest absolute Gasteiger partial charge is 0.147 e. The largest absolute Gasteiger partial charge is 0.485 e. The van der Waals surface area contributed by atoms with E-state index >= 15 is 0 Å². The molecular formula is C14H17Cl2N3O. The van der Waals surface area contributed by atoms with Gasteiger partial charge in [0.05, 0.1) is 6.20 Å². The zero-order valence-corrected chi connectivity index (χ0v) is 13.2. The van der Waals surface area contributed by atoms with Gasteiger partial charge in [0.15, 0.2) is 0 Å². The number of benzene rings is 1. The lowest BCUT2D eigenvalue weighted by Gasteiger charge is -2.17. The van der Waals surface area contributed by atoms with E-state index < -0.39 is 0 Å². The third-order valence-electron chi connectivity index (χ3n) is 3.26. The molecule has 108 valence electrons. The van der Waals surface area contributed by atoms with Crippen molar-refractivity contribution in [1.82, 2.24) is 14.9 Å². The minimum atomic E-state index is 0.147. The van der Waals surface area contributed by atoms with Gasteiger partial charge in [0, 0.05) is 23.7 Å². The lowest BCUT2D eigenvalue weighted by Crippen LogP contribution is -2.14. The Kier molecular flexibility index (Phi) is 4.91. The summed E-state index contributed by atoms with van der Waals surface area (Å²) in [7, 11) is 3.75. The van der Waals surface area contributed by atoms with E-state index in [0.29, 0.717) is 16.8 Å². The first-order chi connectivity index (χ1) is 9.52. The molecule has 0 fully saturated rings. The van der Waals surface area contributed by atoms with E-state index in [1.54, 1.807) is 10.8 Å². The molecule has 0 saturated carbocycles. The van der Waals surface area contributed by atoms with E-state index in [0.717, 1.165) is 17.1 Å². The van der Waals surface area contributed by atoms with Crippen LogP contribution in [0.25, 0.3) is 0 Å². The van der Waals surface area contributed by atoms with Crippen LogP contribution < -0.4 is 10.1 Å². The number of nitrogens with one attached hydrogen (secondary N) is 1. The monoisotopic (exact) mass is 313 g/mol. The van der Waals surface area contributed by atoms with E-state index in [1.807, 2.05) is 32.3 Å². The maximum atomic E-state index is 6.05. The molecule has 2 aromatic rings. The SMILES string of the molecule is CNC(C)c1cc(Cl)ccc1OCc1ncc(Cl)n1C. The summed E-state index contributed by atoms with van der Waals surface area (Å²) in [5, 5.41) is 4.46. The van der Waals surface area contributed by atoms with Crippen LogP contribution in [0, 0.1) is 0 Å². The molecule has 1 N–H and O–H groups in total. The summed E-state index contributed by atoms with van der Waals surface area (Å²) in [6.07, 6.45) is 1.61. The predicted molar refractivity (Wildman–Crippen MR) is 81.5 cm³/mol. The molecule has 0 aliphatic heterocycles. The van der Waals surface area contributed by atoms with Crippen molar-refractivity contribution in [2.75, 3.05) is 7.05 Å². The summed E-state index contributed by atoms with van der Waals surface area (Å²) in [4.78, 5) is 4.21. The van der Waals surface area contributed by atoms with Crippen LogP contribution in [0.1, 0.15) is 24.4 Å². The lowest BCUT2D eigenvalue weighted by atomic mass is 10.1. The fraction of sp³-hybridized carbons (Fsp3) is 0.357. The first kappa shape index (κ1) is 15.2. The highest BCUT2D eigenvalue weighted by molar-refractivity contribution is 6.30. The zero-order chi connectivity index (χ0) is 14.7. The number of imidazole rings is 1. The number of ether oxygens (including phenoxy) is 1. The Balaban J connectivity index is 2.19. The van der Waals surface area contributed by atoms with Crippen molar-refractivity contribution in [3.05, 3.63) is 46.0 Å². The second kappa shape index (κ2) is 6.48. The Morgan fingerprint density at radius 2 is 2.15 bits per heavy atom. The Labute approximate surface area is 128 Å². The topological polar surface area (TPSA) is 39.1 Å². The molecule has 1 aromatic heterocycles. The van der Waals surface area contributed by atoms with E-state index in [-0.39, 0.29) is 6.04 Å². The normalized spacial score (nSPS) is 12.4. The van der Waals surface area contributed by atoms with Gasteiger partial charge in [-0.15, -0.1) is 0 Å². The van der Waals surface area contributed by atoms with Crippen molar-refractivity contribution in [1.29, 1.82) is 0 Å². The van der Waals surface area contributed by atoms with Gasteiger partial charge < -0.3 is 14.6 Å². The molecule has 2 rings (SSSR count). The molecule has 0 aliphatic rings. The van der Waals surface area contributed by atoms with E-state index in [1.165, 1.54) is 0 Å². The summed E-state index contributed by atoms with van der Waals surface area (Å²) in [6, 6.07) is 5.74. The van der Waals surface area contributed by atoms with Crippen LogP contribution >= 0.6 is 23.2 Å². The second-order valence-corrected chi connectivity index (χ2v) is 5.36. The molecule has 0 bridgehead atoms. The van der Waals surface area contributed by atoms with Gasteiger partial charge in [-0.25, -0.2) is 4.98 Å². The fourth-order valence-corrected chi connectivity index (χ4v) is 2.17. The van der Waals surface area contributed by atoms with Crippen LogP contribution in [0.4, 0.5) is 0 Å². The molecule has 4 nitrogen and oxygen atoms in total. The zero-order valence-electron chi connectivity index (χ0n) is 11.7. The summed E-state index contributed by atoms with van der Waals surface area (Å²) in [5.41, 5.74) is 1.01. The maximum Gasteiger partial charge on any atom is 0.147 e. The number of halogens is 2.